The number of nitrogens with zero attached hydrogens (tertiary/aromatic N) is 1. The maximum atomic E-state index is 11.5. The second-order valence-corrected chi connectivity index (χ2v) is 6.79. The molecule has 1 aliphatic heterocycles. The summed E-state index contributed by atoms with van der Waals surface area (Å²) in [6, 6.07) is 3.33. The summed E-state index contributed by atoms with van der Waals surface area (Å²) in [4.78, 5) is 9.61. The molecule has 0 amide bonds. The zero-order chi connectivity index (χ0) is 14.8. The van der Waals surface area contributed by atoms with E-state index in [9.17, 15) is 18.5 Å². The molecule has 1 aromatic rings. The minimum atomic E-state index is -4.13. The van der Waals surface area contributed by atoms with E-state index in [1.165, 1.54) is 12.1 Å². The molecule has 1 saturated heterocycles. The first-order valence-electron chi connectivity index (χ1n) is 5.85. The van der Waals surface area contributed by atoms with Crippen LogP contribution in [0.5, 0.6) is 5.75 Å². The largest absolute Gasteiger partial charge is 0.489 e. The predicted molar refractivity (Wildman–Crippen MR) is 70.6 cm³/mol. The summed E-state index contributed by atoms with van der Waals surface area (Å²) in [5.41, 5.74) is -0.358. The maximum absolute atomic E-state index is 11.5. The first kappa shape index (κ1) is 15.0. The van der Waals surface area contributed by atoms with E-state index in [1.54, 1.807) is 0 Å². The molecule has 110 valence electrons. The summed E-state index contributed by atoms with van der Waals surface area (Å²) >= 11 is 0. The lowest BCUT2D eigenvalue weighted by Gasteiger charge is -2.24. The monoisotopic (exact) mass is 321 g/mol. The number of nitro groups is 1. The Balaban J connectivity index is 2.33. The van der Waals surface area contributed by atoms with Crippen molar-refractivity contribution in [3.63, 3.8) is 0 Å². The van der Waals surface area contributed by atoms with Crippen molar-refractivity contribution >= 4 is 25.4 Å². The van der Waals surface area contributed by atoms with Crippen molar-refractivity contribution < 1.29 is 22.8 Å². The van der Waals surface area contributed by atoms with E-state index in [0.29, 0.717) is 26.1 Å². The Morgan fingerprint density at radius 3 is 2.55 bits per heavy atom. The van der Waals surface area contributed by atoms with Crippen LogP contribution in [0.25, 0.3) is 0 Å². The zero-order valence-corrected chi connectivity index (χ0v) is 11.9. The zero-order valence-electron chi connectivity index (χ0n) is 10.3. The second-order valence-electron chi connectivity index (χ2n) is 4.26. The van der Waals surface area contributed by atoms with Gasteiger partial charge in [-0.15, -0.1) is 0 Å². The molecule has 0 N–H and O–H groups in total. The van der Waals surface area contributed by atoms with Gasteiger partial charge in [-0.25, -0.2) is 8.42 Å². The van der Waals surface area contributed by atoms with Gasteiger partial charge in [0, 0.05) is 35.7 Å². The molecule has 0 radical (unpaired) electrons. The quantitative estimate of drug-likeness (QED) is 0.478. The number of non-ortho nitro benzene ring substituents is 1. The smallest absolute Gasteiger partial charge is 0.271 e. The molecule has 9 heteroatoms. The first-order chi connectivity index (χ1) is 9.38. The molecule has 0 saturated carbocycles. The van der Waals surface area contributed by atoms with E-state index in [0.717, 1.165) is 6.07 Å². The van der Waals surface area contributed by atoms with Gasteiger partial charge >= 0.3 is 0 Å². The highest BCUT2D eigenvalue weighted by molar-refractivity contribution is 8.13. The average molecular weight is 322 g/mol. The van der Waals surface area contributed by atoms with Crippen molar-refractivity contribution in [2.75, 3.05) is 13.2 Å². The van der Waals surface area contributed by atoms with Gasteiger partial charge < -0.3 is 9.47 Å². The lowest BCUT2D eigenvalue weighted by atomic mass is 10.1. The summed E-state index contributed by atoms with van der Waals surface area (Å²) in [6.07, 6.45) is 1.06. The number of rotatable bonds is 4. The number of ether oxygens (including phenoxy) is 2. The average Bonchev–Trinajstić information content (AvgIpc) is 2.39. The van der Waals surface area contributed by atoms with Crippen LogP contribution in [-0.4, -0.2) is 32.7 Å². The molecule has 0 unspecified atom stereocenters. The van der Waals surface area contributed by atoms with Gasteiger partial charge in [0.05, 0.1) is 18.1 Å². The van der Waals surface area contributed by atoms with Crippen LogP contribution in [-0.2, 0) is 13.8 Å². The molecule has 1 fully saturated rings. The van der Waals surface area contributed by atoms with E-state index in [2.05, 4.69) is 0 Å². The third kappa shape index (κ3) is 3.59. The van der Waals surface area contributed by atoms with Gasteiger partial charge in [-0.05, 0) is 6.07 Å². The van der Waals surface area contributed by atoms with Gasteiger partial charge in [0.15, 0.2) is 0 Å². The second kappa shape index (κ2) is 5.94. The Morgan fingerprint density at radius 1 is 1.35 bits per heavy atom. The summed E-state index contributed by atoms with van der Waals surface area (Å²) in [6.45, 7) is 1.06. The van der Waals surface area contributed by atoms with Gasteiger partial charge in [0.2, 0.25) is 0 Å². The van der Waals surface area contributed by atoms with Crippen LogP contribution >= 0.6 is 10.7 Å². The minimum Gasteiger partial charge on any atom is -0.489 e. The van der Waals surface area contributed by atoms with Crippen molar-refractivity contribution in [2.45, 2.75) is 23.8 Å². The molecule has 1 heterocycles. The molecule has 2 rings (SSSR count). The predicted octanol–water partition coefficient (Wildman–Crippen LogP) is 2.08. The molecular formula is C11H12ClNO6S. The fourth-order valence-electron chi connectivity index (χ4n) is 1.87. The van der Waals surface area contributed by atoms with Crippen molar-refractivity contribution in [1.82, 2.24) is 0 Å². The van der Waals surface area contributed by atoms with Gasteiger partial charge in [0.25, 0.3) is 14.7 Å². The maximum Gasteiger partial charge on any atom is 0.271 e. The lowest BCUT2D eigenvalue weighted by molar-refractivity contribution is -0.385. The van der Waals surface area contributed by atoms with Crippen LogP contribution in [0.15, 0.2) is 23.1 Å². The molecule has 0 bridgehead atoms. The number of benzene rings is 1. The molecule has 0 atom stereocenters. The van der Waals surface area contributed by atoms with Crippen LogP contribution in [0.1, 0.15) is 12.8 Å². The number of nitro benzene ring substituents is 1. The van der Waals surface area contributed by atoms with Crippen molar-refractivity contribution in [3.05, 3.63) is 28.3 Å². The van der Waals surface area contributed by atoms with Gasteiger partial charge in [-0.3, -0.25) is 10.1 Å². The Bertz CT molecular complexity index is 611. The van der Waals surface area contributed by atoms with Crippen molar-refractivity contribution in [3.8, 4) is 5.75 Å². The Labute approximate surface area is 120 Å². The highest BCUT2D eigenvalue weighted by Gasteiger charge is 2.24. The fourth-order valence-corrected chi connectivity index (χ4v) is 2.85. The highest BCUT2D eigenvalue weighted by Crippen LogP contribution is 2.32. The lowest BCUT2D eigenvalue weighted by Crippen LogP contribution is -2.26. The Kier molecular flexibility index (Phi) is 4.46. The summed E-state index contributed by atoms with van der Waals surface area (Å²) in [5, 5.41) is 10.7. The number of hydrogen-bond acceptors (Lipinski definition) is 6. The number of hydrogen-bond donors (Lipinski definition) is 0. The third-order valence-electron chi connectivity index (χ3n) is 2.86. The van der Waals surface area contributed by atoms with Gasteiger partial charge in [-0.1, -0.05) is 0 Å². The molecule has 1 aromatic carbocycles. The minimum absolute atomic E-state index is 0.0255. The van der Waals surface area contributed by atoms with Gasteiger partial charge in [0.1, 0.15) is 16.7 Å². The summed E-state index contributed by atoms with van der Waals surface area (Å²) in [5.74, 6) is 0.0255. The summed E-state index contributed by atoms with van der Waals surface area (Å²) in [7, 11) is 1.17. The standard InChI is InChI=1S/C11H12ClNO6S/c12-20(16,17)11-7-8(13(14)15)1-2-10(11)19-9-3-5-18-6-4-9/h1-2,7,9H,3-6H2. The van der Waals surface area contributed by atoms with E-state index in [1.807, 2.05) is 0 Å². The van der Waals surface area contributed by atoms with Gasteiger partial charge in [-0.2, -0.15) is 0 Å². The topological polar surface area (TPSA) is 95.7 Å². The first-order valence-corrected chi connectivity index (χ1v) is 8.16. The van der Waals surface area contributed by atoms with Crippen LogP contribution in [0.3, 0.4) is 0 Å². The van der Waals surface area contributed by atoms with Crippen LogP contribution in [0.2, 0.25) is 0 Å². The van der Waals surface area contributed by atoms with Crippen LogP contribution in [0, 0.1) is 10.1 Å². The molecule has 0 aliphatic carbocycles. The van der Waals surface area contributed by atoms with E-state index < -0.39 is 14.0 Å². The van der Waals surface area contributed by atoms with E-state index >= 15 is 0 Å². The molecule has 1 aliphatic rings. The molecule has 7 nitrogen and oxygen atoms in total. The van der Waals surface area contributed by atoms with Crippen molar-refractivity contribution in [1.29, 1.82) is 0 Å². The Hall–Kier alpha value is -1.38. The fraction of sp³-hybridized carbons (Fsp3) is 0.455. The molecular weight excluding hydrogens is 310 g/mol. The molecule has 0 aromatic heterocycles. The molecule has 0 spiro atoms. The van der Waals surface area contributed by atoms with E-state index in [-0.39, 0.29) is 22.4 Å². The number of halogens is 1. The highest BCUT2D eigenvalue weighted by atomic mass is 35.7. The normalized spacial score (nSPS) is 16.9. The molecule has 20 heavy (non-hydrogen) atoms. The van der Waals surface area contributed by atoms with Crippen molar-refractivity contribution in [2.24, 2.45) is 0 Å². The summed E-state index contributed by atoms with van der Waals surface area (Å²) < 4.78 is 33.8. The van der Waals surface area contributed by atoms with E-state index in [4.69, 9.17) is 20.2 Å². The SMILES string of the molecule is O=[N+]([O-])c1ccc(OC2CCOCC2)c(S(=O)(=O)Cl)c1. The van der Waals surface area contributed by atoms with Crippen LogP contribution < -0.4 is 4.74 Å². The van der Waals surface area contributed by atoms with Crippen LogP contribution in [0.4, 0.5) is 5.69 Å². The third-order valence-corrected chi connectivity index (χ3v) is 4.21. The Morgan fingerprint density at radius 2 is 2.00 bits per heavy atom.